The monoisotopic (exact) mass is 383 g/mol. The average molecular weight is 383 g/mol. The number of nitrogens with two attached hydrogens (primary N) is 1. The molecule has 0 spiro atoms. The molecule has 1 heterocycles. The third-order valence-corrected chi connectivity index (χ3v) is 4.66. The second kappa shape index (κ2) is 7.77. The molecule has 0 radical (unpaired) electrons. The normalized spacial score (nSPS) is 18.3. The number of benzene rings is 2. The van der Waals surface area contributed by atoms with Gasteiger partial charge in [0, 0.05) is 12.0 Å². The van der Waals surface area contributed by atoms with E-state index in [1.807, 2.05) is 0 Å². The minimum absolute atomic E-state index is 0.0535. The number of nitrogens with zero attached hydrogens (tertiary/aromatic N) is 3. The van der Waals surface area contributed by atoms with E-state index in [0.717, 1.165) is 24.0 Å². The van der Waals surface area contributed by atoms with Crippen LogP contribution in [0.3, 0.4) is 0 Å². The molecular formula is C20H23N4O4+. The molecular weight excluding hydrogens is 360 g/mol. The largest absolute Gasteiger partial charge is 0.507 e. The Morgan fingerprint density at radius 1 is 1.11 bits per heavy atom. The molecule has 3 rings (SSSR count). The highest BCUT2D eigenvalue weighted by atomic mass is 16.5. The summed E-state index contributed by atoms with van der Waals surface area (Å²) in [5.74, 6) is -1.26. The highest BCUT2D eigenvalue weighted by Gasteiger charge is 2.34. The molecule has 28 heavy (non-hydrogen) atoms. The van der Waals surface area contributed by atoms with Gasteiger partial charge in [0.25, 0.3) is 0 Å². The summed E-state index contributed by atoms with van der Waals surface area (Å²) in [6, 6.07) is 10.7. The summed E-state index contributed by atoms with van der Waals surface area (Å²) in [7, 11) is 4.17. The number of hydrogen-bond acceptors (Lipinski definition) is 6. The molecule has 1 unspecified atom stereocenters. The number of quaternary nitrogens is 1. The highest BCUT2D eigenvalue weighted by Crippen LogP contribution is 2.27. The first-order valence-electron chi connectivity index (χ1n) is 8.91. The third-order valence-electron chi connectivity index (χ3n) is 4.66. The first-order valence-corrected chi connectivity index (χ1v) is 8.91. The molecule has 1 fully saturated rings. The summed E-state index contributed by atoms with van der Waals surface area (Å²) in [5.41, 5.74) is 6.55. The first kappa shape index (κ1) is 19.5. The molecule has 8 heteroatoms. The van der Waals surface area contributed by atoms with E-state index in [4.69, 9.17) is 10.5 Å². The molecule has 0 saturated carbocycles. The lowest BCUT2D eigenvalue weighted by Gasteiger charge is -2.22. The molecule has 0 bridgehead atoms. The van der Waals surface area contributed by atoms with Crippen LogP contribution in [-0.4, -0.2) is 54.8 Å². The predicted molar refractivity (Wildman–Crippen MR) is 103 cm³/mol. The number of carbonyl (C=O) groups is 2. The van der Waals surface area contributed by atoms with Crippen LogP contribution in [0.5, 0.6) is 5.75 Å². The first-order chi connectivity index (χ1) is 13.2. The molecule has 1 atom stereocenters. The fourth-order valence-corrected chi connectivity index (χ4v) is 3.10. The number of phenolic OH excluding ortho intramolecular Hbond substituents is 1. The van der Waals surface area contributed by atoms with Crippen molar-refractivity contribution in [3.05, 3.63) is 53.6 Å². The zero-order chi connectivity index (χ0) is 20.3. The Morgan fingerprint density at radius 2 is 1.75 bits per heavy atom. The van der Waals surface area contributed by atoms with E-state index in [1.54, 1.807) is 30.3 Å². The molecule has 146 valence electrons. The molecule has 0 aliphatic carbocycles. The van der Waals surface area contributed by atoms with Crippen LogP contribution in [0.15, 0.2) is 52.7 Å². The second-order valence-corrected chi connectivity index (χ2v) is 7.47. The zero-order valence-corrected chi connectivity index (χ0v) is 15.8. The van der Waals surface area contributed by atoms with Crippen molar-refractivity contribution in [2.24, 2.45) is 16.0 Å². The summed E-state index contributed by atoms with van der Waals surface area (Å²) in [6.45, 7) is 1.68. The number of likely N-dealkylation sites (tertiary alicyclic amines) is 1. The van der Waals surface area contributed by atoms with Crippen LogP contribution in [0.1, 0.15) is 27.1 Å². The van der Waals surface area contributed by atoms with Crippen molar-refractivity contribution in [3.63, 3.8) is 0 Å². The Hall–Kier alpha value is -3.26. The van der Waals surface area contributed by atoms with Crippen LogP contribution in [0, 0.1) is 0 Å². The number of aromatic hydroxyl groups is 1. The minimum atomic E-state index is -0.577. The number of likely N-dealkylation sites (N-methyl/N-ethyl adjacent to an activating group) is 1. The summed E-state index contributed by atoms with van der Waals surface area (Å²) in [5, 5.41) is 18.2. The van der Waals surface area contributed by atoms with Crippen molar-refractivity contribution in [2.75, 3.05) is 27.2 Å². The van der Waals surface area contributed by atoms with E-state index in [9.17, 15) is 14.7 Å². The smallest absolute Gasteiger partial charge is 0.342 e. The molecule has 1 amide bonds. The lowest BCUT2D eigenvalue weighted by atomic mass is 10.2. The standard InChI is InChI=1S/C20H22N4O4/c1-24(2)10-9-16(12-24)28-20(27)17-11-15(7-8-18(17)25)23-22-14-5-3-13(4-6-14)19(21)26/h3-8,11,16H,9-10,12H2,1-2H3,(H2-,21,22,25,26,27)/p+1. The number of esters is 1. The summed E-state index contributed by atoms with van der Waals surface area (Å²) >= 11 is 0. The number of rotatable bonds is 5. The average Bonchev–Trinajstić information content (AvgIpc) is 2.99. The molecule has 8 nitrogen and oxygen atoms in total. The third kappa shape index (κ3) is 4.72. The van der Waals surface area contributed by atoms with E-state index in [-0.39, 0.29) is 17.4 Å². The molecule has 2 aromatic rings. The topological polar surface area (TPSA) is 114 Å². The van der Waals surface area contributed by atoms with Crippen LogP contribution in [-0.2, 0) is 4.74 Å². The number of carbonyl (C=O) groups excluding carboxylic acids is 2. The molecule has 3 N–H and O–H groups in total. The van der Waals surface area contributed by atoms with Gasteiger partial charge in [-0.15, -0.1) is 0 Å². The molecule has 2 aromatic carbocycles. The minimum Gasteiger partial charge on any atom is -0.507 e. The van der Waals surface area contributed by atoms with Crippen LogP contribution < -0.4 is 5.73 Å². The summed E-state index contributed by atoms with van der Waals surface area (Å²) in [4.78, 5) is 23.5. The van der Waals surface area contributed by atoms with Crippen LogP contribution in [0.2, 0.25) is 0 Å². The number of phenols is 1. The van der Waals surface area contributed by atoms with Gasteiger partial charge in [-0.05, 0) is 42.5 Å². The SMILES string of the molecule is C[N+]1(C)CCC(OC(=O)c2cc(N=Nc3ccc(C(N)=O)cc3)ccc2O)C1. The van der Waals surface area contributed by atoms with E-state index < -0.39 is 11.9 Å². The van der Waals surface area contributed by atoms with E-state index in [0.29, 0.717) is 16.9 Å². The molecule has 1 saturated heterocycles. The van der Waals surface area contributed by atoms with Gasteiger partial charge >= 0.3 is 5.97 Å². The Bertz CT molecular complexity index is 922. The predicted octanol–water partition coefficient (Wildman–Crippen LogP) is 2.91. The number of azo groups is 1. The van der Waals surface area contributed by atoms with Gasteiger partial charge in [0.05, 0.1) is 32.0 Å². The number of hydrogen-bond donors (Lipinski definition) is 2. The van der Waals surface area contributed by atoms with Crippen LogP contribution in [0.25, 0.3) is 0 Å². The Labute approximate surface area is 162 Å². The summed E-state index contributed by atoms with van der Waals surface area (Å²) in [6.07, 6.45) is 0.621. The lowest BCUT2D eigenvalue weighted by molar-refractivity contribution is -0.879. The molecule has 1 aliphatic heterocycles. The maximum absolute atomic E-state index is 12.5. The van der Waals surface area contributed by atoms with E-state index in [2.05, 4.69) is 24.3 Å². The quantitative estimate of drug-likeness (QED) is 0.469. The fraction of sp³-hybridized carbons (Fsp3) is 0.300. The van der Waals surface area contributed by atoms with Crippen molar-refractivity contribution in [3.8, 4) is 5.75 Å². The fourth-order valence-electron chi connectivity index (χ4n) is 3.10. The van der Waals surface area contributed by atoms with E-state index in [1.165, 1.54) is 12.1 Å². The van der Waals surface area contributed by atoms with Gasteiger partial charge in [0.15, 0.2) is 6.10 Å². The van der Waals surface area contributed by atoms with Gasteiger partial charge in [0.2, 0.25) is 5.91 Å². The van der Waals surface area contributed by atoms with Crippen LogP contribution >= 0.6 is 0 Å². The molecule has 0 aromatic heterocycles. The van der Waals surface area contributed by atoms with Crippen molar-refractivity contribution in [1.82, 2.24) is 0 Å². The van der Waals surface area contributed by atoms with Crippen molar-refractivity contribution in [1.29, 1.82) is 0 Å². The van der Waals surface area contributed by atoms with Gasteiger partial charge in [-0.25, -0.2) is 4.79 Å². The zero-order valence-electron chi connectivity index (χ0n) is 15.8. The maximum Gasteiger partial charge on any atom is 0.342 e. The Balaban J connectivity index is 1.72. The number of amides is 1. The van der Waals surface area contributed by atoms with Gasteiger partial charge < -0.3 is 20.1 Å². The maximum atomic E-state index is 12.5. The van der Waals surface area contributed by atoms with Gasteiger partial charge in [-0.1, -0.05) is 0 Å². The Kier molecular flexibility index (Phi) is 5.41. The van der Waals surface area contributed by atoms with Crippen LogP contribution in [0.4, 0.5) is 11.4 Å². The summed E-state index contributed by atoms with van der Waals surface area (Å²) < 4.78 is 6.33. The van der Waals surface area contributed by atoms with Crippen molar-refractivity contribution in [2.45, 2.75) is 12.5 Å². The second-order valence-electron chi connectivity index (χ2n) is 7.47. The number of primary amides is 1. The highest BCUT2D eigenvalue weighted by molar-refractivity contribution is 5.93. The number of ether oxygens (including phenoxy) is 1. The molecule has 1 aliphatic rings. The lowest BCUT2D eigenvalue weighted by Crippen LogP contribution is -2.38. The van der Waals surface area contributed by atoms with Crippen molar-refractivity contribution < 1.29 is 23.9 Å². The van der Waals surface area contributed by atoms with E-state index >= 15 is 0 Å². The van der Waals surface area contributed by atoms with Gasteiger partial charge in [-0.3, -0.25) is 4.79 Å². The van der Waals surface area contributed by atoms with Crippen molar-refractivity contribution >= 4 is 23.3 Å². The van der Waals surface area contributed by atoms with Gasteiger partial charge in [0.1, 0.15) is 17.9 Å². The van der Waals surface area contributed by atoms with Gasteiger partial charge in [-0.2, -0.15) is 10.2 Å². The Morgan fingerprint density at radius 3 is 2.36 bits per heavy atom.